The van der Waals surface area contributed by atoms with Crippen LogP contribution >= 0.6 is 0 Å². The van der Waals surface area contributed by atoms with E-state index in [9.17, 15) is 0 Å². The molecule has 29 heavy (non-hydrogen) atoms. The van der Waals surface area contributed by atoms with Crippen LogP contribution < -0.4 is 25.4 Å². The number of nitrogen functional groups attached to an aromatic ring is 1. The van der Waals surface area contributed by atoms with Gasteiger partial charge in [0.2, 0.25) is 11.9 Å². The largest absolute Gasteiger partial charge is 0.493 e. The van der Waals surface area contributed by atoms with E-state index >= 15 is 0 Å². The first-order valence-corrected chi connectivity index (χ1v) is 9.54. The Morgan fingerprint density at radius 3 is 2.45 bits per heavy atom. The van der Waals surface area contributed by atoms with E-state index in [1.54, 1.807) is 14.2 Å². The zero-order valence-electron chi connectivity index (χ0n) is 16.6. The first-order valence-electron chi connectivity index (χ1n) is 9.54. The van der Waals surface area contributed by atoms with E-state index in [0.717, 1.165) is 36.7 Å². The Labute approximate surface area is 169 Å². The van der Waals surface area contributed by atoms with Gasteiger partial charge in [0.1, 0.15) is 13.1 Å². The van der Waals surface area contributed by atoms with E-state index in [1.165, 1.54) is 16.0 Å². The van der Waals surface area contributed by atoms with Crippen LogP contribution in [0.15, 0.2) is 42.5 Å². The minimum absolute atomic E-state index is 0.219. The molecule has 0 radical (unpaired) electrons. The number of hydrogen-bond donors (Lipinski definition) is 3. The lowest BCUT2D eigenvalue weighted by Crippen LogP contribution is -3.10. The van der Waals surface area contributed by atoms with Crippen LogP contribution in [0.4, 0.5) is 17.6 Å². The van der Waals surface area contributed by atoms with E-state index in [4.69, 9.17) is 15.2 Å². The quantitative estimate of drug-likeness (QED) is 0.581. The Kier molecular flexibility index (Phi) is 5.44. The topological polar surface area (TPSA) is 99.6 Å². The molecule has 0 saturated carbocycles. The fraction of sp³-hybridized carbons (Fsp3) is 0.286. The fourth-order valence-electron chi connectivity index (χ4n) is 3.63. The van der Waals surface area contributed by atoms with Gasteiger partial charge in [-0.2, -0.15) is 15.0 Å². The van der Waals surface area contributed by atoms with E-state index < -0.39 is 0 Å². The summed E-state index contributed by atoms with van der Waals surface area (Å²) in [6, 6.07) is 13.9. The maximum Gasteiger partial charge on any atom is 0.232 e. The summed E-state index contributed by atoms with van der Waals surface area (Å²) in [4.78, 5) is 14.5. The Bertz CT molecular complexity index is 996. The maximum atomic E-state index is 5.92. The van der Waals surface area contributed by atoms with Crippen molar-refractivity contribution in [2.45, 2.75) is 19.5 Å². The number of nitrogens with one attached hydrogen (secondary N) is 2. The molecule has 0 aliphatic carbocycles. The molecular formula is C21H25N6O2+. The summed E-state index contributed by atoms with van der Waals surface area (Å²) in [5, 5.41) is 3.18. The molecule has 1 aromatic heterocycles. The minimum atomic E-state index is 0.219. The van der Waals surface area contributed by atoms with Gasteiger partial charge >= 0.3 is 0 Å². The average molecular weight is 393 g/mol. The predicted molar refractivity (Wildman–Crippen MR) is 110 cm³/mol. The van der Waals surface area contributed by atoms with Crippen LogP contribution in [0.25, 0.3) is 0 Å². The second-order valence-electron chi connectivity index (χ2n) is 7.00. The van der Waals surface area contributed by atoms with Crippen molar-refractivity contribution < 1.29 is 14.4 Å². The molecule has 1 aliphatic heterocycles. The highest BCUT2D eigenvalue weighted by Crippen LogP contribution is 2.31. The molecule has 0 fully saturated rings. The van der Waals surface area contributed by atoms with Crippen molar-refractivity contribution in [3.63, 3.8) is 0 Å². The third-order valence-corrected chi connectivity index (χ3v) is 5.03. The number of aromatic nitrogens is 3. The van der Waals surface area contributed by atoms with Crippen LogP contribution in [0.5, 0.6) is 11.5 Å². The summed E-state index contributed by atoms with van der Waals surface area (Å²) in [5.74, 6) is 2.89. The van der Waals surface area contributed by atoms with Crippen LogP contribution in [0.2, 0.25) is 0 Å². The van der Waals surface area contributed by atoms with Gasteiger partial charge < -0.3 is 25.4 Å². The number of nitrogens with two attached hydrogens (primary N) is 1. The predicted octanol–water partition coefficient (Wildman–Crippen LogP) is 1.36. The highest BCUT2D eigenvalue weighted by atomic mass is 16.5. The highest BCUT2D eigenvalue weighted by molar-refractivity contribution is 5.53. The molecule has 2 heterocycles. The molecule has 0 spiro atoms. The van der Waals surface area contributed by atoms with Crippen molar-refractivity contribution in [2.24, 2.45) is 0 Å². The van der Waals surface area contributed by atoms with E-state index in [2.05, 4.69) is 32.4 Å². The number of anilines is 3. The van der Waals surface area contributed by atoms with Crippen molar-refractivity contribution in [2.75, 3.05) is 31.8 Å². The molecule has 1 atom stereocenters. The number of hydrogen-bond acceptors (Lipinski definition) is 7. The molecule has 1 unspecified atom stereocenters. The van der Waals surface area contributed by atoms with Crippen LogP contribution in [0, 0.1) is 0 Å². The van der Waals surface area contributed by atoms with Gasteiger partial charge in [-0.05, 0) is 29.8 Å². The van der Waals surface area contributed by atoms with Crippen LogP contribution in [0.3, 0.4) is 0 Å². The molecule has 3 aromatic rings. The molecule has 0 bridgehead atoms. The van der Waals surface area contributed by atoms with E-state index in [0.29, 0.717) is 18.3 Å². The lowest BCUT2D eigenvalue weighted by molar-refractivity contribution is -0.930. The lowest BCUT2D eigenvalue weighted by Gasteiger charge is -2.26. The summed E-state index contributed by atoms with van der Waals surface area (Å²) in [7, 11) is 3.32. The first kappa shape index (κ1) is 18.9. The van der Waals surface area contributed by atoms with Crippen molar-refractivity contribution in [3.05, 3.63) is 59.4 Å². The van der Waals surface area contributed by atoms with Crippen molar-refractivity contribution in [1.82, 2.24) is 15.0 Å². The Balaban J connectivity index is 1.50. The zero-order valence-corrected chi connectivity index (χ0v) is 16.6. The normalized spacial score (nSPS) is 15.4. The van der Waals surface area contributed by atoms with Crippen LogP contribution in [-0.2, 0) is 19.5 Å². The SMILES string of the molecule is COc1cc2c(cc1OC)C[NH+](Cc1nc(N)nc(Nc3ccccc3)n1)CC2. The van der Waals surface area contributed by atoms with Gasteiger partial charge in [0.05, 0.1) is 20.8 Å². The molecule has 8 nitrogen and oxygen atoms in total. The summed E-state index contributed by atoms with van der Waals surface area (Å²) >= 11 is 0. The third-order valence-electron chi connectivity index (χ3n) is 5.03. The van der Waals surface area contributed by atoms with Gasteiger partial charge in [-0.3, -0.25) is 0 Å². The summed E-state index contributed by atoms with van der Waals surface area (Å²) in [6.45, 7) is 2.52. The second-order valence-corrected chi connectivity index (χ2v) is 7.00. The van der Waals surface area contributed by atoms with Crippen LogP contribution in [0.1, 0.15) is 17.0 Å². The third kappa shape index (κ3) is 4.38. The number of quaternary nitrogens is 1. The van der Waals surface area contributed by atoms with Gasteiger partial charge in [-0.1, -0.05) is 18.2 Å². The fourth-order valence-corrected chi connectivity index (χ4v) is 3.63. The Morgan fingerprint density at radius 1 is 1.00 bits per heavy atom. The maximum absolute atomic E-state index is 5.92. The van der Waals surface area contributed by atoms with Crippen molar-refractivity contribution >= 4 is 17.6 Å². The van der Waals surface area contributed by atoms with E-state index in [1.807, 2.05) is 30.3 Å². The van der Waals surface area contributed by atoms with E-state index in [-0.39, 0.29) is 5.95 Å². The van der Waals surface area contributed by atoms with Crippen molar-refractivity contribution in [3.8, 4) is 11.5 Å². The number of fused-ring (bicyclic) bond motifs is 1. The number of benzene rings is 2. The molecule has 1 aliphatic rings. The summed E-state index contributed by atoms with van der Waals surface area (Å²) in [5.41, 5.74) is 9.39. The average Bonchev–Trinajstić information content (AvgIpc) is 2.73. The highest BCUT2D eigenvalue weighted by Gasteiger charge is 2.23. The number of methoxy groups -OCH3 is 2. The minimum Gasteiger partial charge on any atom is -0.493 e. The number of nitrogens with zero attached hydrogens (tertiary/aromatic N) is 3. The molecular weight excluding hydrogens is 368 g/mol. The monoisotopic (exact) mass is 393 g/mol. The second kappa shape index (κ2) is 8.32. The number of ether oxygens (including phenoxy) is 2. The van der Waals surface area contributed by atoms with Gasteiger partial charge in [-0.25, -0.2) is 0 Å². The molecule has 2 aromatic carbocycles. The summed E-state index contributed by atoms with van der Waals surface area (Å²) < 4.78 is 10.9. The van der Waals surface area contributed by atoms with Crippen molar-refractivity contribution in [1.29, 1.82) is 0 Å². The molecule has 150 valence electrons. The molecule has 4 rings (SSSR count). The summed E-state index contributed by atoms with van der Waals surface area (Å²) in [6.07, 6.45) is 0.959. The number of rotatable bonds is 6. The molecule has 0 saturated heterocycles. The Hall–Kier alpha value is -3.39. The zero-order chi connectivity index (χ0) is 20.2. The first-order chi connectivity index (χ1) is 14.1. The van der Waals surface area contributed by atoms with Gasteiger partial charge in [-0.15, -0.1) is 0 Å². The van der Waals surface area contributed by atoms with Gasteiger partial charge in [0.15, 0.2) is 17.3 Å². The standard InChI is InChI=1S/C21H24N6O2/c1-28-17-10-14-8-9-27(12-15(14)11-18(17)29-2)13-19-24-20(22)26-21(25-19)23-16-6-4-3-5-7-16/h3-7,10-11H,8-9,12-13H2,1-2H3,(H3,22,23,24,25,26)/p+1. The lowest BCUT2D eigenvalue weighted by atomic mass is 9.99. The van der Waals surface area contributed by atoms with Crippen LogP contribution in [-0.4, -0.2) is 35.7 Å². The number of para-hydroxylation sites is 1. The molecule has 4 N–H and O–H groups in total. The molecule has 8 heteroatoms. The van der Waals surface area contributed by atoms with Gasteiger partial charge in [0.25, 0.3) is 0 Å². The smallest absolute Gasteiger partial charge is 0.232 e. The molecule has 0 amide bonds. The Morgan fingerprint density at radius 2 is 1.72 bits per heavy atom. The van der Waals surface area contributed by atoms with Gasteiger partial charge in [0, 0.05) is 17.7 Å².